The van der Waals surface area contributed by atoms with Crippen molar-refractivity contribution in [1.29, 1.82) is 5.26 Å². The maximum absolute atomic E-state index is 13.2. The van der Waals surface area contributed by atoms with Gasteiger partial charge >= 0.3 is 0 Å². The number of hydrogen-bond donors (Lipinski definition) is 0. The van der Waals surface area contributed by atoms with E-state index in [1.807, 2.05) is 12.1 Å². The first-order valence-corrected chi connectivity index (χ1v) is 12.4. The molecule has 0 amide bonds. The van der Waals surface area contributed by atoms with E-state index in [1.165, 1.54) is 22.9 Å². The molecule has 0 saturated carbocycles. The zero-order valence-corrected chi connectivity index (χ0v) is 20.1. The minimum absolute atomic E-state index is 0.00579. The monoisotopic (exact) mass is 456 g/mol. The maximum atomic E-state index is 13.2. The molecule has 1 unspecified atom stereocenters. The van der Waals surface area contributed by atoms with Crippen LogP contribution >= 0.6 is 0 Å². The predicted molar refractivity (Wildman–Crippen MR) is 135 cm³/mol. The highest BCUT2D eigenvalue weighted by Gasteiger charge is 2.37. The lowest BCUT2D eigenvalue weighted by molar-refractivity contribution is 0.0837. The Bertz CT molecular complexity index is 1170. The Morgan fingerprint density at radius 1 is 1.06 bits per heavy atom. The zero-order valence-electron chi connectivity index (χ0n) is 20.1. The molecule has 1 fully saturated rings. The molecule has 1 aliphatic heterocycles. The number of nitriles is 1. The Balaban J connectivity index is 1.38. The number of rotatable bonds is 8. The number of Topliss-reactive ketones (excluding diaryl/α,β-unsaturated/α-hetero) is 1. The number of piperidine rings is 1. The molecule has 4 rings (SSSR count). The van der Waals surface area contributed by atoms with Gasteiger partial charge in [-0.15, -0.1) is 0 Å². The van der Waals surface area contributed by atoms with Crippen LogP contribution in [0.4, 0.5) is 4.39 Å². The second-order valence-corrected chi connectivity index (χ2v) is 9.86. The molecule has 1 heterocycles. The number of benzene rings is 3. The number of halogens is 1. The van der Waals surface area contributed by atoms with Crippen LogP contribution in [-0.4, -0.2) is 30.3 Å². The molecule has 3 nitrogen and oxygen atoms in total. The van der Waals surface area contributed by atoms with Crippen molar-refractivity contribution in [3.05, 3.63) is 83.7 Å². The standard InChI is InChI=1S/C30H33FN2O/c1-22(2)30(21-32,28-10-5-8-23-7-3-4-9-27(23)28)17-6-18-33-19-15-25(16-20-33)29(34)24-11-13-26(31)14-12-24/h3-5,7-14,22,25H,6,15-20H2,1-2H3. The molecule has 1 atom stereocenters. The second kappa shape index (κ2) is 10.5. The lowest BCUT2D eigenvalue weighted by Gasteiger charge is -2.35. The van der Waals surface area contributed by atoms with Crippen molar-refractivity contribution in [3.8, 4) is 6.07 Å². The Hall–Kier alpha value is -3.03. The average Bonchev–Trinajstić information content (AvgIpc) is 2.87. The van der Waals surface area contributed by atoms with E-state index in [0.717, 1.165) is 50.9 Å². The summed E-state index contributed by atoms with van der Waals surface area (Å²) in [5.74, 6) is 0.0113. The molecule has 0 aromatic heterocycles. The second-order valence-electron chi connectivity index (χ2n) is 9.86. The first kappa shape index (κ1) is 24.1. The number of ketones is 1. The van der Waals surface area contributed by atoms with E-state index in [1.54, 1.807) is 12.1 Å². The third kappa shape index (κ3) is 4.91. The SMILES string of the molecule is CC(C)C(C#N)(CCCN1CCC(C(=O)c2ccc(F)cc2)CC1)c1cccc2ccccc12. The zero-order chi connectivity index (χ0) is 24.1. The van der Waals surface area contributed by atoms with Crippen molar-refractivity contribution in [2.24, 2.45) is 11.8 Å². The first-order valence-electron chi connectivity index (χ1n) is 12.4. The molecule has 0 aliphatic carbocycles. The van der Waals surface area contributed by atoms with Crippen molar-refractivity contribution >= 4 is 16.6 Å². The van der Waals surface area contributed by atoms with E-state index in [2.05, 4.69) is 55.1 Å². The minimum atomic E-state index is -0.530. The van der Waals surface area contributed by atoms with Gasteiger partial charge in [0.05, 0.1) is 11.5 Å². The van der Waals surface area contributed by atoms with Gasteiger partial charge in [0.25, 0.3) is 0 Å². The van der Waals surface area contributed by atoms with E-state index < -0.39 is 5.41 Å². The molecule has 34 heavy (non-hydrogen) atoms. The molecule has 1 aliphatic rings. The summed E-state index contributed by atoms with van der Waals surface area (Å²) < 4.78 is 13.2. The van der Waals surface area contributed by atoms with E-state index in [-0.39, 0.29) is 23.4 Å². The fourth-order valence-corrected chi connectivity index (χ4v) is 5.44. The van der Waals surface area contributed by atoms with Gasteiger partial charge in [0.1, 0.15) is 5.82 Å². The highest BCUT2D eigenvalue weighted by molar-refractivity contribution is 5.97. The fraction of sp³-hybridized carbons (Fsp3) is 0.400. The van der Waals surface area contributed by atoms with Crippen molar-refractivity contribution in [2.75, 3.05) is 19.6 Å². The van der Waals surface area contributed by atoms with Gasteiger partial charge in [-0.3, -0.25) is 4.79 Å². The van der Waals surface area contributed by atoms with E-state index in [4.69, 9.17) is 0 Å². The molecule has 3 aromatic carbocycles. The predicted octanol–water partition coefficient (Wildman–Crippen LogP) is 6.77. The van der Waals surface area contributed by atoms with Crippen molar-refractivity contribution in [2.45, 2.75) is 44.9 Å². The van der Waals surface area contributed by atoms with Gasteiger partial charge in [-0.1, -0.05) is 56.3 Å². The van der Waals surface area contributed by atoms with Crippen LogP contribution in [0.2, 0.25) is 0 Å². The molecule has 0 bridgehead atoms. The van der Waals surface area contributed by atoms with E-state index >= 15 is 0 Å². The smallest absolute Gasteiger partial charge is 0.166 e. The summed E-state index contributed by atoms with van der Waals surface area (Å²) >= 11 is 0. The molecule has 176 valence electrons. The molecule has 4 heteroatoms. The highest BCUT2D eigenvalue weighted by atomic mass is 19.1. The summed E-state index contributed by atoms with van der Waals surface area (Å²) in [7, 11) is 0. The van der Waals surface area contributed by atoms with Crippen molar-refractivity contribution < 1.29 is 9.18 Å². The molecule has 3 aromatic rings. The Morgan fingerprint density at radius 3 is 2.41 bits per heavy atom. The quantitative estimate of drug-likeness (QED) is 0.351. The molecular weight excluding hydrogens is 423 g/mol. The summed E-state index contributed by atoms with van der Waals surface area (Å²) in [6.45, 7) is 6.99. The van der Waals surface area contributed by atoms with Crippen molar-refractivity contribution in [1.82, 2.24) is 4.90 Å². The Morgan fingerprint density at radius 2 is 1.74 bits per heavy atom. The maximum Gasteiger partial charge on any atom is 0.166 e. The summed E-state index contributed by atoms with van der Waals surface area (Å²) in [4.78, 5) is 15.2. The third-order valence-corrected chi connectivity index (χ3v) is 7.59. The minimum Gasteiger partial charge on any atom is -0.303 e. The largest absolute Gasteiger partial charge is 0.303 e. The summed E-state index contributed by atoms with van der Waals surface area (Å²) in [6, 6.07) is 23.2. The van der Waals surface area contributed by atoms with Gasteiger partial charge in [0.2, 0.25) is 0 Å². The van der Waals surface area contributed by atoms with Crippen LogP contribution in [0.3, 0.4) is 0 Å². The van der Waals surface area contributed by atoms with E-state index in [0.29, 0.717) is 5.56 Å². The van der Waals surface area contributed by atoms with Crippen LogP contribution in [0.25, 0.3) is 10.8 Å². The van der Waals surface area contributed by atoms with Gasteiger partial charge in [-0.2, -0.15) is 5.26 Å². The highest BCUT2D eigenvalue weighted by Crippen LogP contribution is 2.40. The molecule has 0 radical (unpaired) electrons. The number of carbonyl (C=O) groups is 1. The van der Waals surface area contributed by atoms with Crippen LogP contribution in [-0.2, 0) is 5.41 Å². The topological polar surface area (TPSA) is 44.1 Å². The Labute approximate surface area is 202 Å². The van der Waals surface area contributed by atoms with Crippen LogP contribution in [0.15, 0.2) is 66.7 Å². The van der Waals surface area contributed by atoms with E-state index in [9.17, 15) is 14.4 Å². The van der Waals surface area contributed by atoms with Crippen LogP contribution in [0.5, 0.6) is 0 Å². The summed E-state index contributed by atoms with van der Waals surface area (Å²) in [5, 5.41) is 12.7. The molecule has 0 spiro atoms. The number of nitrogens with zero attached hydrogens (tertiary/aromatic N) is 2. The van der Waals surface area contributed by atoms with Gasteiger partial charge in [0.15, 0.2) is 5.78 Å². The van der Waals surface area contributed by atoms with Crippen LogP contribution in [0, 0.1) is 29.0 Å². The number of carbonyl (C=O) groups excluding carboxylic acids is 1. The number of fused-ring (bicyclic) bond motifs is 1. The lowest BCUT2D eigenvalue weighted by atomic mass is 9.68. The summed E-state index contributed by atoms with van der Waals surface area (Å²) in [6.07, 6.45) is 3.40. The molecule has 0 N–H and O–H groups in total. The normalized spacial score (nSPS) is 16.9. The van der Waals surface area contributed by atoms with Gasteiger partial charge in [-0.05, 0) is 91.8 Å². The average molecular weight is 457 g/mol. The van der Waals surface area contributed by atoms with Gasteiger partial charge < -0.3 is 4.90 Å². The van der Waals surface area contributed by atoms with Crippen molar-refractivity contribution in [3.63, 3.8) is 0 Å². The fourth-order valence-electron chi connectivity index (χ4n) is 5.44. The first-order chi connectivity index (χ1) is 16.4. The third-order valence-electron chi connectivity index (χ3n) is 7.59. The lowest BCUT2D eigenvalue weighted by Crippen LogP contribution is -2.38. The van der Waals surface area contributed by atoms with Crippen LogP contribution in [0.1, 0.15) is 55.5 Å². The molecule has 1 saturated heterocycles. The summed E-state index contributed by atoms with van der Waals surface area (Å²) in [5.41, 5.74) is 1.20. The van der Waals surface area contributed by atoms with Gasteiger partial charge in [0, 0.05) is 11.5 Å². The van der Waals surface area contributed by atoms with Gasteiger partial charge in [-0.25, -0.2) is 4.39 Å². The number of likely N-dealkylation sites (tertiary alicyclic amines) is 1. The number of hydrogen-bond acceptors (Lipinski definition) is 3. The van der Waals surface area contributed by atoms with Crippen LogP contribution < -0.4 is 0 Å². The molecular formula is C30H33FN2O. The Kier molecular flexibility index (Phi) is 7.44.